The molecule has 0 aromatic carbocycles. The van der Waals surface area contributed by atoms with Gasteiger partial charge in [0.15, 0.2) is 0 Å². The summed E-state index contributed by atoms with van der Waals surface area (Å²) in [5.74, 6) is 5.89. The molecule has 0 spiro atoms. The number of hydrogen-bond acceptors (Lipinski definition) is 1. The molecule has 84 valence electrons. The highest BCUT2D eigenvalue weighted by molar-refractivity contribution is 5.31. The molecule has 0 aromatic heterocycles. The number of hydrogen-bond donors (Lipinski definition) is 1. The summed E-state index contributed by atoms with van der Waals surface area (Å²) in [5.41, 5.74) is 0.207. The van der Waals surface area contributed by atoms with Crippen LogP contribution in [0.2, 0.25) is 0 Å². The maximum atomic E-state index is 9.50. The molecule has 0 aromatic rings. The molecule has 0 rings (SSSR count). The molecule has 0 radical (unpaired) electrons. The van der Waals surface area contributed by atoms with E-state index in [1.54, 1.807) is 13.8 Å². The van der Waals surface area contributed by atoms with Crippen LogP contribution in [0.25, 0.3) is 0 Å². The molecule has 0 aliphatic carbocycles. The van der Waals surface area contributed by atoms with Crippen LogP contribution in [0.4, 0.5) is 0 Å². The van der Waals surface area contributed by atoms with Crippen LogP contribution >= 0.6 is 0 Å². The summed E-state index contributed by atoms with van der Waals surface area (Å²) >= 11 is 0. The minimum atomic E-state index is -0.903. The van der Waals surface area contributed by atoms with Gasteiger partial charge in [0, 0.05) is 0 Å². The minimum Gasteiger partial charge on any atom is -0.378 e. The second-order valence-corrected chi connectivity index (χ2v) is 4.17. The van der Waals surface area contributed by atoms with Crippen LogP contribution in [0.3, 0.4) is 0 Å². The van der Waals surface area contributed by atoms with Gasteiger partial charge in [-0.05, 0) is 38.7 Å². The van der Waals surface area contributed by atoms with E-state index < -0.39 is 5.60 Å². The highest BCUT2D eigenvalue weighted by Gasteiger charge is 2.05. The number of allylic oxidation sites excluding steroid dienone is 3. The fraction of sp³-hybridized carbons (Fsp3) is 0.571. The fourth-order valence-corrected chi connectivity index (χ4v) is 1.04. The van der Waals surface area contributed by atoms with Crippen LogP contribution in [-0.2, 0) is 0 Å². The SMILES string of the molecule is C=CC/C=C(\C#CC(C)(C)O)CCCC. The van der Waals surface area contributed by atoms with Gasteiger partial charge in [0.05, 0.1) is 0 Å². The highest BCUT2D eigenvalue weighted by atomic mass is 16.3. The average molecular weight is 206 g/mol. The van der Waals surface area contributed by atoms with E-state index in [0.29, 0.717) is 0 Å². The lowest BCUT2D eigenvalue weighted by Crippen LogP contribution is -2.14. The van der Waals surface area contributed by atoms with Crippen LogP contribution in [-0.4, -0.2) is 10.7 Å². The molecule has 0 heterocycles. The molecule has 0 amide bonds. The largest absolute Gasteiger partial charge is 0.378 e. The number of unbranched alkanes of at least 4 members (excludes halogenated alkanes) is 1. The molecule has 1 N–H and O–H groups in total. The highest BCUT2D eigenvalue weighted by Crippen LogP contribution is 2.08. The molecule has 0 unspecified atom stereocenters. The smallest absolute Gasteiger partial charge is 0.120 e. The van der Waals surface area contributed by atoms with E-state index in [9.17, 15) is 5.11 Å². The van der Waals surface area contributed by atoms with Crippen molar-refractivity contribution in [2.75, 3.05) is 0 Å². The van der Waals surface area contributed by atoms with Crippen molar-refractivity contribution in [3.8, 4) is 11.8 Å². The van der Waals surface area contributed by atoms with Gasteiger partial charge in [0.2, 0.25) is 0 Å². The Balaban J connectivity index is 4.47. The van der Waals surface area contributed by atoms with Gasteiger partial charge in [0.1, 0.15) is 5.60 Å². The van der Waals surface area contributed by atoms with Crippen molar-refractivity contribution in [1.29, 1.82) is 0 Å². The van der Waals surface area contributed by atoms with Crippen molar-refractivity contribution in [1.82, 2.24) is 0 Å². The molecule has 1 nitrogen and oxygen atoms in total. The third-order valence-corrected chi connectivity index (χ3v) is 1.86. The van der Waals surface area contributed by atoms with Crippen LogP contribution < -0.4 is 0 Å². The van der Waals surface area contributed by atoms with Crippen molar-refractivity contribution < 1.29 is 5.11 Å². The van der Waals surface area contributed by atoms with Crippen molar-refractivity contribution in [3.63, 3.8) is 0 Å². The number of aliphatic hydroxyl groups is 1. The first kappa shape index (κ1) is 14.0. The van der Waals surface area contributed by atoms with E-state index in [2.05, 4.69) is 31.4 Å². The Morgan fingerprint density at radius 3 is 2.60 bits per heavy atom. The summed E-state index contributed by atoms with van der Waals surface area (Å²) in [6, 6.07) is 0. The summed E-state index contributed by atoms with van der Waals surface area (Å²) in [6.45, 7) is 9.24. The maximum Gasteiger partial charge on any atom is 0.120 e. The maximum absolute atomic E-state index is 9.50. The summed E-state index contributed by atoms with van der Waals surface area (Å²) in [5, 5.41) is 9.50. The Hall–Kier alpha value is -1.00. The first-order valence-electron chi connectivity index (χ1n) is 5.55. The molecule has 0 atom stereocenters. The lowest BCUT2D eigenvalue weighted by atomic mass is 10.1. The molecular formula is C14H22O. The van der Waals surface area contributed by atoms with Gasteiger partial charge in [-0.3, -0.25) is 0 Å². The Kier molecular flexibility index (Phi) is 6.83. The Labute approximate surface area is 93.9 Å². The van der Waals surface area contributed by atoms with Gasteiger partial charge in [-0.1, -0.05) is 37.3 Å². The zero-order valence-electron chi connectivity index (χ0n) is 10.1. The quantitative estimate of drug-likeness (QED) is 0.539. The van der Waals surface area contributed by atoms with E-state index in [4.69, 9.17) is 0 Å². The predicted molar refractivity (Wildman–Crippen MR) is 66.5 cm³/mol. The van der Waals surface area contributed by atoms with Crippen LogP contribution in [0.15, 0.2) is 24.3 Å². The van der Waals surface area contributed by atoms with Crippen molar-refractivity contribution in [2.24, 2.45) is 0 Å². The van der Waals surface area contributed by atoms with Gasteiger partial charge in [-0.25, -0.2) is 0 Å². The monoisotopic (exact) mass is 206 g/mol. The Morgan fingerprint density at radius 1 is 1.47 bits per heavy atom. The number of rotatable bonds is 5. The molecule has 0 saturated heterocycles. The van der Waals surface area contributed by atoms with E-state index in [-0.39, 0.29) is 0 Å². The topological polar surface area (TPSA) is 20.2 Å². The normalized spacial score (nSPS) is 11.9. The van der Waals surface area contributed by atoms with Gasteiger partial charge in [0.25, 0.3) is 0 Å². The van der Waals surface area contributed by atoms with E-state index in [0.717, 1.165) is 31.3 Å². The fourth-order valence-electron chi connectivity index (χ4n) is 1.04. The summed E-state index contributed by atoms with van der Waals surface area (Å²) in [4.78, 5) is 0. The molecule has 0 aliphatic heterocycles. The van der Waals surface area contributed by atoms with Crippen molar-refractivity contribution in [3.05, 3.63) is 24.3 Å². The predicted octanol–water partition coefficient (Wildman–Crippen LogP) is 3.45. The summed E-state index contributed by atoms with van der Waals surface area (Å²) in [6.07, 6.45) is 8.09. The van der Waals surface area contributed by atoms with Crippen molar-refractivity contribution >= 4 is 0 Å². The lowest BCUT2D eigenvalue weighted by molar-refractivity contribution is 0.143. The average Bonchev–Trinajstić information content (AvgIpc) is 2.15. The first-order valence-corrected chi connectivity index (χ1v) is 5.55. The Morgan fingerprint density at radius 2 is 2.13 bits per heavy atom. The summed E-state index contributed by atoms with van der Waals surface area (Å²) < 4.78 is 0. The van der Waals surface area contributed by atoms with E-state index in [1.807, 2.05) is 6.08 Å². The Bertz CT molecular complexity index is 268. The third-order valence-electron chi connectivity index (χ3n) is 1.86. The first-order chi connectivity index (χ1) is 6.99. The molecule has 1 heteroatoms. The van der Waals surface area contributed by atoms with Gasteiger partial charge in [-0.2, -0.15) is 0 Å². The third kappa shape index (κ3) is 9.31. The minimum absolute atomic E-state index is 0.847. The molecule has 0 fully saturated rings. The van der Waals surface area contributed by atoms with Gasteiger partial charge in [-0.15, -0.1) is 6.58 Å². The van der Waals surface area contributed by atoms with Crippen LogP contribution in [0, 0.1) is 11.8 Å². The zero-order chi connectivity index (χ0) is 11.7. The van der Waals surface area contributed by atoms with Crippen LogP contribution in [0.1, 0.15) is 46.5 Å². The van der Waals surface area contributed by atoms with Gasteiger partial charge >= 0.3 is 0 Å². The molecule has 15 heavy (non-hydrogen) atoms. The molecule has 0 aliphatic rings. The van der Waals surface area contributed by atoms with E-state index >= 15 is 0 Å². The standard InChI is InChI=1S/C14H22O/c1-5-7-9-13(10-8-6-2)11-12-14(3,4)15/h5,9,15H,1,6-8,10H2,2-4H3/b13-9-. The van der Waals surface area contributed by atoms with Crippen LogP contribution in [0.5, 0.6) is 0 Å². The molecule has 0 saturated carbocycles. The van der Waals surface area contributed by atoms with E-state index in [1.165, 1.54) is 0 Å². The summed E-state index contributed by atoms with van der Waals surface area (Å²) in [7, 11) is 0. The van der Waals surface area contributed by atoms with Crippen molar-refractivity contribution in [2.45, 2.75) is 52.1 Å². The lowest BCUT2D eigenvalue weighted by Gasteiger charge is -2.06. The zero-order valence-corrected chi connectivity index (χ0v) is 10.1. The second-order valence-electron chi connectivity index (χ2n) is 4.17. The molecule has 0 bridgehead atoms. The van der Waals surface area contributed by atoms with Gasteiger partial charge < -0.3 is 5.11 Å². The second kappa shape index (κ2) is 7.31. The molecular weight excluding hydrogens is 184 g/mol.